The Balaban J connectivity index is 1.98. The monoisotopic (exact) mass is 263 g/mol. The predicted molar refractivity (Wildman–Crippen MR) is 56.4 cm³/mol. The number of fused-ring (bicyclic) bond motifs is 1. The van der Waals surface area contributed by atoms with E-state index < -0.39 is 24.9 Å². The van der Waals surface area contributed by atoms with Gasteiger partial charge in [-0.15, -0.1) is 0 Å². The topological polar surface area (TPSA) is 61.7 Å². The average Bonchev–Trinajstić information content (AvgIpc) is 2.66. The Labute approximate surface area is 101 Å². The SMILES string of the molecule is Oc1ccc2c(c1)OCC2NCC(O)C(F)(F)F. The Kier molecular flexibility index (Phi) is 3.36. The molecule has 0 spiro atoms. The van der Waals surface area contributed by atoms with E-state index in [2.05, 4.69) is 5.32 Å². The smallest absolute Gasteiger partial charge is 0.415 e. The van der Waals surface area contributed by atoms with Crippen molar-refractivity contribution < 1.29 is 28.1 Å². The van der Waals surface area contributed by atoms with E-state index in [4.69, 9.17) is 9.84 Å². The van der Waals surface area contributed by atoms with Crippen molar-refractivity contribution in [2.24, 2.45) is 0 Å². The van der Waals surface area contributed by atoms with Gasteiger partial charge in [-0.1, -0.05) is 0 Å². The van der Waals surface area contributed by atoms with Crippen LogP contribution in [0, 0.1) is 0 Å². The number of alkyl halides is 3. The van der Waals surface area contributed by atoms with E-state index in [0.29, 0.717) is 11.3 Å². The summed E-state index contributed by atoms with van der Waals surface area (Å²) in [5.74, 6) is 0.471. The molecule has 7 heteroatoms. The van der Waals surface area contributed by atoms with Crippen LogP contribution in [0.4, 0.5) is 13.2 Å². The first kappa shape index (κ1) is 13.0. The summed E-state index contributed by atoms with van der Waals surface area (Å²) in [7, 11) is 0. The highest BCUT2D eigenvalue weighted by Crippen LogP contribution is 2.35. The number of hydrogen-bond acceptors (Lipinski definition) is 4. The lowest BCUT2D eigenvalue weighted by atomic mass is 10.1. The molecule has 0 aliphatic carbocycles. The Morgan fingerprint density at radius 3 is 2.83 bits per heavy atom. The van der Waals surface area contributed by atoms with Crippen molar-refractivity contribution in [3.05, 3.63) is 23.8 Å². The zero-order chi connectivity index (χ0) is 13.3. The molecule has 4 nitrogen and oxygen atoms in total. The molecule has 1 aliphatic rings. The molecule has 18 heavy (non-hydrogen) atoms. The number of halogens is 3. The molecular formula is C11H12F3NO3. The quantitative estimate of drug-likeness (QED) is 0.770. The van der Waals surface area contributed by atoms with E-state index in [9.17, 15) is 18.3 Å². The number of phenolic OH excluding ortho intramolecular Hbond substituents is 1. The van der Waals surface area contributed by atoms with E-state index in [1.165, 1.54) is 12.1 Å². The van der Waals surface area contributed by atoms with E-state index >= 15 is 0 Å². The van der Waals surface area contributed by atoms with E-state index in [0.717, 1.165) is 0 Å². The van der Waals surface area contributed by atoms with Crippen LogP contribution in [0.1, 0.15) is 11.6 Å². The molecule has 2 rings (SSSR count). The molecule has 0 aromatic heterocycles. The second-order valence-electron chi connectivity index (χ2n) is 4.05. The van der Waals surface area contributed by atoms with Gasteiger partial charge < -0.3 is 20.3 Å². The first-order valence-electron chi connectivity index (χ1n) is 5.32. The summed E-state index contributed by atoms with van der Waals surface area (Å²) in [6.07, 6.45) is -7.04. The van der Waals surface area contributed by atoms with Crippen LogP contribution in [0.25, 0.3) is 0 Å². The van der Waals surface area contributed by atoms with E-state index in [-0.39, 0.29) is 12.4 Å². The van der Waals surface area contributed by atoms with Crippen LogP contribution in [0.15, 0.2) is 18.2 Å². The van der Waals surface area contributed by atoms with Crippen molar-refractivity contribution in [3.63, 3.8) is 0 Å². The van der Waals surface area contributed by atoms with Crippen LogP contribution in [0.5, 0.6) is 11.5 Å². The molecule has 1 aromatic rings. The molecule has 0 saturated heterocycles. The number of benzene rings is 1. The van der Waals surface area contributed by atoms with Crippen molar-refractivity contribution in [1.82, 2.24) is 5.32 Å². The third-order valence-electron chi connectivity index (χ3n) is 2.71. The molecule has 0 amide bonds. The molecule has 0 radical (unpaired) electrons. The van der Waals surface area contributed by atoms with Crippen LogP contribution < -0.4 is 10.1 Å². The maximum absolute atomic E-state index is 12.1. The Bertz CT molecular complexity index is 436. The zero-order valence-electron chi connectivity index (χ0n) is 9.24. The van der Waals surface area contributed by atoms with Crippen molar-refractivity contribution in [1.29, 1.82) is 0 Å². The number of aromatic hydroxyl groups is 1. The fourth-order valence-corrected chi connectivity index (χ4v) is 1.74. The van der Waals surface area contributed by atoms with E-state index in [1.54, 1.807) is 6.07 Å². The summed E-state index contributed by atoms with van der Waals surface area (Å²) in [6, 6.07) is 3.99. The lowest BCUT2D eigenvalue weighted by molar-refractivity contribution is -0.202. The van der Waals surface area contributed by atoms with Crippen LogP contribution in [0.2, 0.25) is 0 Å². The fourth-order valence-electron chi connectivity index (χ4n) is 1.74. The van der Waals surface area contributed by atoms with Crippen LogP contribution in [-0.2, 0) is 0 Å². The van der Waals surface area contributed by atoms with Gasteiger partial charge in [0.2, 0.25) is 0 Å². The normalized spacial score (nSPS) is 20.3. The molecule has 2 atom stereocenters. The van der Waals surface area contributed by atoms with Gasteiger partial charge in [0, 0.05) is 18.2 Å². The van der Waals surface area contributed by atoms with Gasteiger partial charge in [0.15, 0.2) is 6.10 Å². The summed E-state index contributed by atoms with van der Waals surface area (Å²) < 4.78 is 41.6. The molecule has 0 fully saturated rings. The molecule has 0 saturated carbocycles. The summed E-state index contributed by atoms with van der Waals surface area (Å²) in [6.45, 7) is -0.429. The highest BCUT2D eigenvalue weighted by atomic mass is 19.4. The molecule has 1 aromatic carbocycles. The molecule has 2 unspecified atom stereocenters. The maximum Gasteiger partial charge on any atom is 0.415 e. The molecule has 1 aliphatic heterocycles. The van der Waals surface area contributed by atoms with Crippen LogP contribution in [-0.4, -0.2) is 35.6 Å². The number of aliphatic hydroxyl groups excluding tert-OH is 1. The Hall–Kier alpha value is -1.47. The zero-order valence-corrected chi connectivity index (χ0v) is 9.24. The first-order chi connectivity index (χ1) is 8.38. The van der Waals surface area contributed by atoms with Gasteiger partial charge in [-0.05, 0) is 12.1 Å². The second-order valence-corrected chi connectivity index (χ2v) is 4.05. The summed E-state index contributed by atoms with van der Waals surface area (Å²) in [5.41, 5.74) is 0.669. The number of hydrogen-bond donors (Lipinski definition) is 3. The predicted octanol–water partition coefficient (Wildman–Crippen LogP) is 1.34. The third-order valence-corrected chi connectivity index (χ3v) is 2.71. The number of aliphatic hydroxyl groups is 1. The van der Waals surface area contributed by atoms with Crippen molar-refractivity contribution in [2.45, 2.75) is 18.3 Å². The van der Waals surface area contributed by atoms with Gasteiger partial charge in [-0.2, -0.15) is 13.2 Å². The minimum atomic E-state index is -4.63. The average molecular weight is 263 g/mol. The third kappa shape index (κ3) is 2.68. The molecule has 3 N–H and O–H groups in total. The molecule has 1 heterocycles. The van der Waals surface area contributed by atoms with Crippen molar-refractivity contribution >= 4 is 0 Å². The number of rotatable bonds is 3. The Morgan fingerprint density at radius 1 is 1.44 bits per heavy atom. The number of nitrogens with one attached hydrogen (secondary N) is 1. The van der Waals surface area contributed by atoms with Crippen molar-refractivity contribution in [2.75, 3.05) is 13.2 Å². The minimum Gasteiger partial charge on any atom is -0.508 e. The number of ether oxygens (including phenoxy) is 1. The largest absolute Gasteiger partial charge is 0.508 e. The summed E-state index contributed by atoms with van der Waals surface area (Å²) in [5, 5.41) is 20.7. The Morgan fingerprint density at radius 2 is 2.17 bits per heavy atom. The minimum absolute atomic E-state index is 0.0322. The summed E-state index contributed by atoms with van der Waals surface area (Å²) >= 11 is 0. The highest BCUT2D eigenvalue weighted by Gasteiger charge is 2.38. The van der Waals surface area contributed by atoms with Gasteiger partial charge in [-0.3, -0.25) is 0 Å². The van der Waals surface area contributed by atoms with Gasteiger partial charge in [0.25, 0.3) is 0 Å². The molecule has 100 valence electrons. The standard InChI is InChI=1S/C11H12F3NO3/c12-11(13,14)10(17)4-15-8-5-18-9-3-6(16)1-2-7(8)9/h1-3,8,10,15-17H,4-5H2. The van der Waals surface area contributed by atoms with Gasteiger partial charge in [-0.25, -0.2) is 0 Å². The summed E-state index contributed by atoms with van der Waals surface area (Å²) in [4.78, 5) is 0. The van der Waals surface area contributed by atoms with Crippen LogP contribution in [0.3, 0.4) is 0 Å². The maximum atomic E-state index is 12.1. The van der Waals surface area contributed by atoms with Gasteiger partial charge in [0.05, 0.1) is 6.04 Å². The molecule has 0 bridgehead atoms. The molecular weight excluding hydrogens is 251 g/mol. The fraction of sp³-hybridized carbons (Fsp3) is 0.455. The van der Waals surface area contributed by atoms with Gasteiger partial charge in [0.1, 0.15) is 18.1 Å². The van der Waals surface area contributed by atoms with Crippen molar-refractivity contribution in [3.8, 4) is 11.5 Å². The lowest BCUT2D eigenvalue weighted by Crippen LogP contribution is -2.40. The van der Waals surface area contributed by atoms with Gasteiger partial charge >= 0.3 is 6.18 Å². The first-order valence-corrected chi connectivity index (χ1v) is 5.32. The van der Waals surface area contributed by atoms with E-state index in [1.807, 2.05) is 0 Å². The lowest BCUT2D eigenvalue weighted by Gasteiger charge is -2.18. The van der Waals surface area contributed by atoms with Crippen LogP contribution >= 0.6 is 0 Å². The highest BCUT2D eigenvalue weighted by molar-refractivity contribution is 5.44. The second kappa shape index (κ2) is 4.66. The number of phenols is 1.